The van der Waals surface area contributed by atoms with Crippen molar-refractivity contribution in [1.82, 2.24) is 5.32 Å². The summed E-state index contributed by atoms with van der Waals surface area (Å²) in [5, 5.41) is 10.9. The van der Waals surface area contributed by atoms with Crippen molar-refractivity contribution in [3.05, 3.63) is 30.1 Å². The molecule has 1 rings (SSSR count). The predicted octanol–water partition coefficient (Wildman–Crippen LogP) is 0.189. The number of nitrogens with one attached hydrogen (secondary N) is 1. The summed E-state index contributed by atoms with van der Waals surface area (Å²) in [5.74, 6) is -3.51. The number of carbonyl (C=O) groups excluding carboxylic acids is 1. The van der Waals surface area contributed by atoms with Gasteiger partial charge in [-0.2, -0.15) is 0 Å². The van der Waals surface area contributed by atoms with Crippen LogP contribution in [0.25, 0.3) is 0 Å². The van der Waals surface area contributed by atoms with Crippen LogP contribution in [0.2, 0.25) is 0 Å². The minimum absolute atomic E-state index is 0.203. The van der Waals surface area contributed by atoms with Gasteiger partial charge < -0.3 is 10.4 Å². The zero-order valence-electron chi connectivity index (χ0n) is 9.96. The van der Waals surface area contributed by atoms with Gasteiger partial charge in [-0.3, -0.25) is 4.79 Å². The number of carbonyl (C=O) groups is 2. The lowest BCUT2D eigenvalue weighted by Gasteiger charge is -2.13. The molecule has 0 spiro atoms. The molecule has 8 heteroatoms. The highest BCUT2D eigenvalue weighted by Crippen LogP contribution is 2.13. The van der Waals surface area contributed by atoms with Crippen molar-refractivity contribution >= 4 is 21.7 Å². The monoisotopic (exact) mass is 289 g/mol. The number of rotatable bonds is 5. The van der Waals surface area contributed by atoms with Crippen molar-refractivity contribution in [3.8, 4) is 0 Å². The van der Waals surface area contributed by atoms with E-state index >= 15 is 0 Å². The second-order valence-electron chi connectivity index (χ2n) is 3.83. The first-order valence-corrected chi connectivity index (χ1v) is 6.86. The maximum Gasteiger partial charge on any atom is 0.327 e. The lowest BCUT2D eigenvalue weighted by atomic mass is 10.3. The van der Waals surface area contributed by atoms with Crippen molar-refractivity contribution < 1.29 is 27.5 Å². The lowest BCUT2D eigenvalue weighted by molar-refractivity contribution is -0.140. The molecule has 1 aromatic rings. The Balaban J connectivity index is 2.97. The molecule has 0 aliphatic heterocycles. The maximum atomic E-state index is 12.7. The van der Waals surface area contributed by atoms with E-state index in [9.17, 15) is 22.4 Å². The van der Waals surface area contributed by atoms with E-state index in [2.05, 4.69) is 0 Å². The van der Waals surface area contributed by atoms with Crippen LogP contribution in [0.15, 0.2) is 29.2 Å². The molecule has 2 N–H and O–H groups in total. The van der Waals surface area contributed by atoms with Gasteiger partial charge >= 0.3 is 5.97 Å². The number of carboxylic acid groups (broad SMARTS) is 1. The van der Waals surface area contributed by atoms with Gasteiger partial charge in [0.25, 0.3) is 0 Å². The Morgan fingerprint density at radius 1 is 1.32 bits per heavy atom. The molecule has 1 atom stereocenters. The molecule has 0 heterocycles. The summed E-state index contributed by atoms with van der Waals surface area (Å²) >= 11 is 0. The minimum Gasteiger partial charge on any atom is -0.480 e. The second-order valence-corrected chi connectivity index (χ2v) is 5.86. The fraction of sp³-hybridized carbons (Fsp3) is 0.273. The van der Waals surface area contributed by atoms with E-state index in [1.807, 2.05) is 5.32 Å². The summed E-state index contributed by atoms with van der Waals surface area (Å²) in [4.78, 5) is 21.5. The number of sulfone groups is 1. The third kappa shape index (κ3) is 4.32. The van der Waals surface area contributed by atoms with Gasteiger partial charge in [0.05, 0.1) is 10.6 Å². The number of aliphatic carboxylic acids is 1. The molecule has 19 heavy (non-hydrogen) atoms. The highest BCUT2D eigenvalue weighted by Gasteiger charge is 2.27. The van der Waals surface area contributed by atoms with Gasteiger partial charge in [-0.05, 0) is 24.3 Å². The molecule has 0 fully saturated rings. The van der Waals surface area contributed by atoms with Crippen LogP contribution in [0.1, 0.15) is 6.92 Å². The second kappa shape index (κ2) is 5.79. The minimum atomic E-state index is -3.93. The largest absolute Gasteiger partial charge is 0.480 e. The third-order valence-electron chi connectivity index (χ3n) is 2.23. The molecule has 0 aromatic heterocycles. The molecule has 0 aliphatic carbocycles. The molecule has 0 saturated heterocycles. The van der Waals surface area contributed by atoms with Crippen LogP contribution in [0, 0.1) is 5.82 Å². The predicted molar refractivity (Wildman–Crippen MR) is 63.7 cm³/mol. The third-order valence-corrected chi connectivity index (χ3v) is 4.00. The summed E-state index contributed by atoms with van der Waals surface area (Å²) in [6.07, 6.45) is 0. The van der Waals surface area contributed by atoms with Gasteiger partial charge in [-0.25, -0.2) is 17.6 Å². The van der Waals surface area contributed by atoms with Crippen LogP contribution in [-0.4, -0.2) is 37.2 Å². The fourth-order valence-corrected chi connectivity index (χ4v) is 2.79. The molecule has 104 valence electrons. The number of amides is 1. The van der Waals surface area contributed by atoms with E-state index in [0.29, 0.717) is 0 Å². The van der Waals surface area contributed by atoms with Gasteiger partial charge in [-0.1, -0.05) is 0 Å². The smallest absolute Gasteiger partial charge is 0.327 e. The summed E-state index contributed by atoms with van der Waals surface area (Å²) in [7, 11) is -3.93. The first kappa shape index (κ1) is 15.1. The Hall–Kier alpha value is -1.96. The average molecular weight is 289 g/mol. The van der Waals surface area contributed by atoms with E-state index in [4.69, 9.17) is 5.11 Å². The van der Waals surface area contributed by atoms with Crippen molar-refractivity contribution in [3.63, 3.8) is 0 Å². The number of carboxylic acids is 1. The van der Waals surface area contributed by atoms with Crippen molar-refractivity contribution in [1.29, 1.82) is 0 Å². The average Bonchev–Trinajstić information content (AvgIpc) is 2.27. The van der Waals surface area contributed by atoms with E-state index in [1.165, 1.54) is 0 Å². The van der Waals surface area contributed by atoms with Gasteiger partial charge in [-0.15, -0.1) is 0 Å². The molecule has 1 unspecified atom stereocenters. The molecule has 0 aliphatic rings. The highest BCUT2D eigenvalue weighted by atomic mass is 32.2. The normalized spacial score (nSPS) is 12.7. The standard InChI is InChI=1S/C11H12FNO5S/c1-7(14)13-10(11(15)16)6-19(17,18)9-4-2-8(12)3-5-9/h2-5,10H,6H2,1H3,(H,13,14)(H,15,16). The number of hydrogen-bond donors (Lipinski definition) is 2. The van der Waals surface area contributed by atoms with Crippen molar-refractivity contribution in [2.45, 2.75) is 17.9 Å². The molecule has 0 bridgehead atoms. The Morgan fingerprint density at radius 3 is 2.26 bits per heavy atom. The van der Waals surface area contributed by atoms with Crippen molar-refractivity contribution in [2.75, 3.05) is 5.75 Å². The Morgan fingerprint density at radius 2 is 1.84 bits per heavy atom. The number of benzene rings is 1. The van der Waals surface area contributed by atoms with Crippen LogP contribution in [0.3, 0.4) is 0 Å². The Bertz CT molecular complexity index is 582. The molecular formula is C11H12FNO5S. The zero-order chi connectivity index (χ0) is 14.6. The molecule has 1 aromatic carbocycles. The van der Waals surface area contributed by atoms with E-state index in [-0.39, 0.29) is 4.90 Å². The Kier molecular flexibility index (Phi) is 4.60. The SMILES string of the molecule is CC(=O)NC(CS(=O)(=O)c1ccc(F)cc1)C(=O)O. The van der Waals surface area contributed by atoms with Crippen LogP contribution in [0.4, 0.5) is 4.39 Å². The zero-order valence-corrected chi connectivity index (χ0v) is 10.8. The van der Waals surface area contributed by atoms with E-state index in [1.54, 1.807) is 0 Å². The topological polar surface area (TPSA) is 101 Å². The number of halogens is 1. The highest BCUT2D eigenvalue weighted by molar-refractivity contribution is 7.91. The van der Waals surface area contributed by atoms with Gasteiger partial charge in [0, 0.05) is 6.92 Å². The molecular weight excluding hydrogens is 277 g/mol. The Labute approximate surface area is 109 Å². The molecule has 0 saturated carbocycles. The van der Waals surface area contributed by atoms with Gasteiger partial charge in [0.15, 0.2) is 9.84 Å². The fourth-order valence-electron chi connectivity index (χ4n) is 1.38. The first-order chi connectivity index (χ1) is 8.72. The number of hydrogen-bond acceptors (Lipinski definition) is 4. The van der Waals surface area contributed by atoms with Crippen LogP contribution >= 0.6 is 0 Å². The lowest BCUT2D eigenvalue weighted by Crippen LogP contribution is -2.44. The summed E-state index contributed by atoms with van der Waals surface area (Å²) in [5.41, 5.74) is 0. The van der Waals surface area contributed by atoms with E-state index in [0.717, 1.165) is 31.2 Å². The molecule has 6 nitrogen and oxygen atoms in total. The van der Waals surface area contributed by atoms with Crippen LogP contribution in [0.5, 0.6) is 0 Å². The molecule has 0 radical (unpaired) electrons. The summed E-state index contributed by atoms with van der Waals surface area (Å²) in [6.45, 7) is 1.08. The van der Waals surface area contributed by atoms with E-state index < -0.39 is 39.3 Å². The van der Waals surface area contributed by atoms with Crippen molar-refractivity contribution in [2.24, 2.45) is 0 Å². The summed E-state index contributed by atoms with van der Waals surface area (Å²) < 4.78 is 36.5. The van der Waals surface area contributed by atoms with Gasteiger partial charge in [0.2, 0.25) is 5.91 Å². The quantitative estimate of drug-likeness (QED) is 0.754. The van der Waals surface area contributed by atoms with Crippen LogP contribution in [-0.2, 0) is 19.4 Å². The first-order valence-electron chi connectivity index (χ1n) is 5.20. The maximum absolute atomic E-state index is 12.7. The molecule has 1 amide bonds. The summed E-state index contributed by atoms with van der Waals surface area (Å²) in [6, 6.07) is 2.45. The van der Waals surface area contributed by atoms with Gasteiger partial charge in [0.1, 0.15) is 11.9 Å². The van der Waals surface area contributed by atoms with Crippen LogP contribution < -0.4 is 5.32 Å².